The molecule has 1 aliphatic rings. The van der Waals surface area contributed by atoms with Crippen LogP contribution >= 0.6 is 0 Å². The second-order valence-electron chi connectivity index (χ2n) is 6.23. The Bertz CT molecular complexity index is 576. The van der Waals surface area contributed by atoms with Crippen LogP contribution in [0.25, 0.3) is 0 Å². The van der Waals surface area contributed by atoms with Gasteiger partial charge in [0.1, 0.15) is 12.5 Å². The summed E-state index contributed by atoms with van der Waals surface area (Å²) in [6, 6.07) is 0.234. The lowest BCUT2D eigenvalue weighted by atomic mass is 10.2. The predicted molar refractivity (Wildman–Crippen MR) is 85.5 cm³/mol. The highest BCUT2D eigenvalue weighted by molar-refractivity contribution is 5.04. The van der Waals surface area contributed by atoms with Gasteiger partial charge in [-0.2, -0.15) is 0 Å². The fraction of sp³-hybridized carbons (Fsp3) is 0.562. The van der Waals surface area contributed by atoms with Crippen LogP contribution in [-0.4, -0.2) is 68.2 Å². The molecule has 0 unspecified atom stereocenters. The topological polar surface area (TPSA) is 50.1 Å². The van der Waals surface area contributed by atoms with Crippen LogP contribution in [0.15, 0.2) is 37.4 Å². The van der Waals surface area contributed by atoms with E-state index in [-0.39, 0.29) is 6.04 Å². The molecule has 3 rings (SSSR count). The van der Waals surface area contributed by atoms with Gasteiger partial charge in [0.05, 0.1) is 6.33 Å². The zero-order valence-corrected chi connectivity index (χ0v) is 13.4. The summed E-state index contributed by atoms with van der Waals surface area (Å²) in [5, 5.41) is 0. The highest BCUT2D eigenvalue weighted by atomic mass is 19.1. The van der Waals surface area contributed by atoms with Gasteiger partial charge in [0.25, 0.3) is 0 Å². The number of likely N-dealkylation sites (tertiary alicyclic amines) is 1. The van der Waals surface area contributed by atoms with Crippen molar-refractivity contribution >= 4 is 0 Å². The van der Waals surface area contributed by atoms with E-state index < -0.39 is 6.17 Å². The molecule has 0 aromatic carbocycles. The summed E-state index contributed by atoms with van der Waals surface area (Å²) < 4.78 is 15.9. The fourth-order valence-corrected chi connectivity index (χ4v) is 3.11. The molecule has 2 atom stereocenters. The van der Waals surface area contributed by atoms with Crippen molar-refractivity contribution < 1.29 is 4.39 Å². The van der Waals surface area contributed by atoms with Crippen LogP contribution in [0.2, 0.25) is 0 Å². The van der Waals surface area contributed by atoms with Crippen LogP contribution < -0.4 is 0 Å². The van der Waals surface area contributed by atoms with Gasteiger partial charge >= 0.3 is 0 Å². The average Bonchev–Trinajstić information content (AvgIpc) is 3.17. The highest BCUT2D eigenvalue weighted by Gasteiger charge is 2.32. The number of likely N-dealkylation sites (N-methyl/N-ethyl adjacent to an activating group) is 1. The first-order valence-corrected chi connectivity index (χ1v) is 7.97. The van der Waals surface area contributed by atoms with E-state index in [9.17, 15) is 4.39 Å². The first-order chi connectivity index (χ1) is 11.2. The van der Waals surface area contributed by atoms with Crippen molar-refractivity contribution in [1.82, 2.24) is 29.3 Å². The molecule has 1 saturated heterocycles. The van der Waals surface area contributed by atoms with Crippen molar-refractivity contribution in [2.24, 2.45) is 0 Å². The summed E-state index contributed by atoms with van der Waals surface area (Å²) in [4.78, 5) is 16.6. The number of hydrogen-bond acceptors (Lipinski definition) is 5. The molecule has 0 spiro atoms. The first-order valence-electron chi connectivity index (χ1n) is 7.97. The molecule has 2 aromatic heterocycles. The lowest BCUT2D eigenvalue weighted by molar-refractivity contribution is 0.181. The van der Waals surface area contributed by atoms with Gasteiger partial charge in [-0.05, 0) is 13.5 Å². The van der Waals surface area contributed by atoms with Gasteiger partial charge in [-0.15, -0.1) is 0 Å². The summed E-state index contributed by atoms with van der Waals surface area (Å²) in [5.74, 6) is 0. The molecular weight excluding hydrogens is 295 g/mol. The van der Waals surface area contributed by atoms with Gasteiger partial charge in [0.15, 0.2) is 0 Å². The van der Waals surface area contributed by atoms with Crippen molar-refractivity contribution in [2.45, 2.75) is 31.7 Å². The molecule has 2 aromatic rings. The molecule has 7 heteroatoms. The molecule has 1 aliphatic heterocycles. The van der Waals surface area contributed by atoms with E-state index in [2.05, 4.69) is 36.4 Å². The molecular formula is C16H23FN6. The van der Waals surface area contributed by atoms with Crippen LogP contribution in [0.4, 0.5) is 4.39 Å². The van der Waals surface area contributed by atoms with E-state index in [4.69, 9.17) is 0 Å². The molecule has 0 aliphatic carbocycles. The Morgan fingerprint density at radius 3 is 2.87 bits per heavy atom. The number of alkyl halides is 1. The number of rotatable bonds is 7. The SMILES string of the molecule is CN(CCn1ccnc1)C[C@@H]1C[C@H](F)CN1Cc1cncnc1. The number of hydrogen-bond donors (Lipinski definition) is 0. The van der Waals surface area contributed by atoms with E-state index in [0.29, 0.717) is 19.5 Å². The van der Waals surface area contributed by atoms with Gasteiger partial charge in [0.2, 0.25) is 0 Å². The second kappa shape index (κ2) is 7.61. The number of halogens is 1. The Labute approximate surface area is 136 Å². The number of aromatic nitrogens is 4. The van der Waals surface area contributed by atoms with Crippen molar-refractivity contribution in [1.29, 1.82) is 0 Å². The Morgan fingerprint density at radius 2 is 2.13 bits per heavy atom. The molecule has 0 bridgehead atoms. The quantitative estimate of drug-likeness (QED) is 0.768. The molecule has 0 saturated carbocycles. The smallest absolute Gasteiger partial charge is 0.115 e. The van der Waals surface area contributed by atoms with Gasteiger partial charge in [-0.1, -0.05) is 0 Å². The van der Waals surface area contributed by atoms with E-state index in [1.807, 2.05) is 12.5 Å². The third-order valence-corrected chi connectivity index (χ3v) is 4.30. The van der Waals surface area contributed by atoms with Crippen LogP contribution in [-0.2, 0) is 13.1 Å². The largest absolute Gasteiger partial charge is 0.336 e. The van der Waals surface area contributed by atoms with Crippen molar-refractivity contribution in [2.75, 3.05) is 26.7 Å². The van der Waals surface area contributed by atoms with Crippen LogP contribution in [0, 0.1) is 0 Å². The molecule has 0 amide bonds. The molecule has 23 heavy (non-hydrogen) atoms. The summed E-state index contributed by atoms with van der Waals surface area (Å²) in [7, 11) is 2.09. The Morgan fingerprint density at radius 1 is 1.30 bits per heavy atom. The summed E-state index contributed by atoms with van der Waals surface area (Å²) in [6.07, 6.45) is 10.6. The van der Waals surface area contributed by atoms with Crippen molar-refractivity contribution in [3.8, 4) is 0 Å². The van der Waals surface area contributed by atoms with Gasteiger partial charge < -0.3 is 9.47 Å². The number of nitrogens with zero attached hydrogens (tertiary/aromatic N) is 6. The van der Waals surface area contributed by atoms with Gasteiger partial charge in [0, 0.05) is 69.1 Å². The zero-order valence-electron chi connectivity index (χ0n) is 13.4. The average molecular weight is 318 g/mol. The Hall–Kier alpha value is -1.86. The maximum Gasteiger partial charge on any atom is 0.115 e. The third kappa shape index (κ3) is 4.56. The zero-order chi connectivity index (χ0) is 16.1. The van der Waals surface area contributed by atoms with Crippen LogP contribution in [0.5, 0.6) is 0 Å². The van der Waals surface area contributed by atoms with Gasteiger partial charge in [-0.25, -0.2) is 19.3 Å². The van der Waals surface area contributed by atoms with Crippen LogP contribution in [0.1, 0.15) is 12.0 Å². The molecule has 124 valence electrons. The van der Waals surface area contributed by atoms with Crippen LogP contribution in [0.3, 0.4) is 0 Å². The van der Waals surface area contributed by atoms with Gasteiger partial charge in [-0.3, -0.25) is 4.90 Å². The first kappa shape index (κ1) is 16.0. The lowest BCUT2D eigenvalue weighted by Crippen LogP contribution is -2.39. The second-order valence-corrected chi connectivity index (χ2v) is 6.23. The summed E-state index contributed by atoms with van der Waals surface area (Å²) in [5.41, 5.74) is 1.03. The lowest BCUT2D eigenvalue weighted by Gasteiger charge is -2.28. The summed E-state index contributed by atoms with van der Waals surface area (Å²) in [6.45, 7) is 3.89. The minimum absolute atomic E-state index is 0.234. The molecule has 1 fully saturated rings. The van der Waals surface area contributed by atoms with Crippen molar-refractivity contribution in [3.05, 3.63) is 43.0 Å². The van der Waals surface area contributed by atoms with E-state index >= 15 is 0 Å². The maximum absolute atomic E-state index is 13.9. The Kier molecular flexibility index (Phi) is 5.30. The highest BCUT2D eigenvalue weighted by Crippen LogP contribution is 2.23. The fourth-order valence-electron chi connectivity index (χ4n) is 3.11. The predicted octanol–water partition coefficient (Wildman–Crippen LogP) is 1.22. The molecule has 3 heterocycles. The molecule has 0 radical (unpaired) electrons. The van der Waals surface area contributed by atoms with E-state index in [1.54, 1.807) is 18.6 Å². The maximum atomic E-state index is 13.9. The summed E-state index contributed by atoms with van der Waals surface area (Å²) >= 11 is 0. The Balaban J connectivity index is 1.52. The van der Waals surface area contributed by atoms with E-state index in [0.717, 1.165) is 25.2 Å². The molecule has 0 N–H and O–H groups in total. The third-order valence-electron chi connectivity index (χ3n) is 4.30. The standard InChI is InChI=1S/C16H23FN6/c1-21(4-5-22-3-2-18-13-22)11-16-6-15(17)10-23(16)9-14-7-19-12-20-8-14/h2-3,7-8,12-13,15-16H,4-6,9-11H2,1H3/t15-,16-/m0/s1. The van der Waals surface area contributed by atoms with Crippen molar-refractivity contribution in [3.63, 3.8) is 0 Å². The van der Waals surface area contributed by atoms with E-state index in [1.165, 1.54) is 6.33 Å². The normalized spacial score (nSPS) is 22.0. The minimum Gasteiger partial charge on any atom is -0.336 e. The number of imidazole rings is 1. The monoisotopic (exact) mass is 318 g/mol. The minimum atomic E-state index is -0.744. The molecule has 6 nitrogen and oxygen atoms in total.